The molecule has 0 saturated carbocycles. The molecule has 7 heteroatoms. The minimum absolute atomic E-state index is 0.149. The molecule has 0 spiro atoms. The van der Waals surface area contributed by atoms with Gasteiger partial charge in [-0.25, -0.2) is 4.98 Å². The van der Waals surface area contributed by atoms with E-state index >= 15 is 0 Å². The van der Waals surface area contributed by atoms with Crippen molar-refractivity contribution in [1.29, 1.82) is 0 Å². The molecule has 2 amide bonds. The smallest absolute Gasteiger partial charge is 0.226 e. The molecule has 2 unspecified atom stereocenters. The number of imidazole rings is 1. The molecule has 2 bridgehead atoms. The number of likely N-dealkylation sites (N-methyl/N-ethyl adjacent to an activating group) is 1. The summed E-state index contributed by atoms with van der Waals surface area (Å²) in [4.78, 5) is 37.9. The van der Waals surface area contributed by atoms with Crippen LogP contribution in [-0.2, 0) is 22.7 Å². The van der Waals surface area contributed by atoms with E-state index in [1.807, 2.05) is 42.4 Å². The average Bonchev–Trinajstić information content (AvgIpc) is 3.36. The molecule has 2 aliphatic heterocycles. The van der Waals surface area contributed by atoms with E-state index in [0.717, 1.165) is 56.0 Å². The fourth-order valence-corrected chi connectivity index (χ4v) is 6.10. The van der Waals surface area contributed by atoms with E-state index in [4.69, 9.17) is 0 Å². The van der Waals surface area contributed by atoms with Gasteiger partial charge in [0.1, 0.15) is 5.82 Å². The number of hydrogen-bond acceptors (Lipinski definition) is 4. The first-order chi connectivity index (χ1) is 17.4. The highest BCUT2D eigenvalue weighted by atomic mass is 16.2. The lowest BCUT2D eigenvalue weighted by molar-refractivity contribution is -0.133. The Labute approximate surface area is 216 Å². The summed E-state index contributed by atoms with van der Waals surface area (Å²) in [5, 5.41) is 0. The minimum atomic E-state index is 0.149. The summed E-state index contributed by atoms with van der Waals surface area (Å²) in [7, 11) is 0. The number of benzene rings is 1. The van der Waals surface area contributed by atoms with Gasteiger partial charge in [-0.1, -0.05) is 52.3 Å². The summed E-state index contributed by atoms with van der Waals surface area (Å²) in [6.07, 6.45) is 9.14. The number of nitrogens with zero attached hydrogens (tertiary/aromatic N) is 5. The van der Waals surface area contributed by atoms with Gasteiger partial charge in [0, 0.05) is 75.1 Å². The Morgan fingerprint density at radius 3 is 2.58 bits per heavy atom. The molecule has 1 fully saturated rings. The average molecular weight is 494 g/mol. The first-order valence-corrected chi connectivity index (χ1v) is 13.9. The summed E-state index contributed by atoms with van der Waals surface area (Å²) in [6, 6.07) is 8.96. The van der Waals surface area contributed by atoms with Crippen molar-refractivity contribution >= 4 is 17.5 Å². The van der Waals surface area contributed by atoms with Gasteiger partial charge in [0.25, 0.3) is 0 Å². The van der Waals surface area contributed by atoms with Crippen LogP contribution in [0, 0.1) is 0 Å². The maximum absolute atomic E-state index is 13.8. The van der Waals surface area contributed by atoms with Crippen molar-refractivity contribution in [3.63, 3.8) is 0 Å². The zero-order valence-electron chi connectivity index (χ0n) is 22.5. The lowest BCUT2D eigenvalue weighted by Gasteiger charge is -2.43. The monoisotopic (exact) mass is 493 g/mol. The van der Waals surface area contributed by atoms with Gasteiger partial charge in [0.15, 0.2) is 0 Å². The molecule has 0 radical (unpaired) electrons. The number of para-hydroxylation sites is 1. The summed E-state index contributed by atoms with van der Waals surface area (Å²) in [5.41, 5.74) is 2.01. The normalized spacial score (nSPS) is 21.2. The number of carbonyl (C=O) groups excluding carboxylic acids is 2. The van der Waals surface area contributed by atoms with Crippen LogP contribution in [0.3, 0.4) is 0 Å². The summed E-state index contributed by atoms with van der Waals surface area (Å²) < 4.78 is 2.11. The van der Waals surface area contributed by atoms with Crippen molar-refractivity contribution < 1.29 is 9.59 Å². The van der Waals surface area contributed by atoms with E-state index in [1.165, 1.54) is 6.42 Å². The van der Waals surface area contributed by atoms with E-state index in [9.17, 15) is 9.59 Å². The molecule has 0 N–H and O–H groups in total. The number of fused-ring (bicyclic) bond motifs is 3. The van der Waals surface area contributed by atoms with Crippen molar-refractivity contribution in [2.45, 2.75) is 97.3 Å². The van der Waals surface area contributed by atoms with Crippen molar-refractivity contribution in [3.8, 4) is 0 Å². The predicted octanol–water partition coefficient (Wildman–Crippen LogP) is 4.82. The Morgan fingerprint density at radius 2 is 1.83 bits per heavy atom. The van der Waals surface area contributed by atoms with Crippen LogP contribution in [0.1, 0.15) is 83.5 Å². The Morgan fingerprint density at radius 1 is 1.06 bits per heavy atom. The summed E-state index contributed by atoms with van der Waals surface area (Å²) in [5.74, 6) is 1.65. The van der Waals surface area contributed by atoms with Gasteiger partial charge in [-0.15, -0.1) is 0 Å². The molecule has 1 saturated heterocycles. The third kappa shape index (κ3) is 5.83. The maximum Gasteiger partial charge on any atom is 0.226 e. The number of amides is 2. The first-order valence-electron chi connectivity index (χ1n) is 13.9. The lowest BCUT2D eigenvalue weighted by Crippen LogP contribution is -2.52. The highest BCUT2D eigenvalue weighted by Crippen LogP contribution is 2.30. The molecule has 1 aromatic heterocycles. The number of aryl methyl sites for hydroxylation is 1. The fourth-order valence-electron chi connectivity index (χ4n) is 6.10. The first kappa shape index (κ1) is 26.4. The molecule has 196 valence electrons. The van der Waals surface area contributed by atoms with Crippen LogP contribution < -0.4 is 4.90 Å². The Balaban J connectivity index is 1.65. The minimum Gasteiger partial charge on any atom is -0.337 e. The highest BCUT2D eigenvalue weighted by molar-refractivity contribution is 5.94. The molecule has 2 atom stereocenters. The van der Waals surface area contributed by atoms with Gasteiger partial charge in [-0.2, -0.15) is 0 Å². The van der Waals surface area contributed by atoms with Crippen molar-refractivity contribution in [1.82, 2.24) is 19.4 Å². The summed E-state index contributed by atoms with van der Waals surface area (Å²) in [6.45, 7) is 12.0. The molecule has 4 rings (SSSR count). The van der Waals surface area contributed by atoms with Crippen LogP contribution >= 0.6 is 0 Å². The van der Waals surface area contributed by atoms with Crippen LogP contribution in [0.25, 0.3) is 0 Å². The van der Waals surface area contributed by atoms with Gasteiger partial charge in [0.2, 0.25) is 11.8 Å². The second-order valence-electron chi connectivity index (χ2n) is 10.5. The summed E-state index contributed by atoms with van der Waals surface area (Å²) >= 11 is 0. The van der Waals surface area contributed by atoms with E-state index in [1.54, 1.807) is 0 Å². The number of piperidine rings is 1. The zero-order valence-corrected chi connectivity index (χ0v) is 22.5. The van der Waals surface area contributed by atoms with E-state index in [2.05, 4.69) is 46.2 Å². The van der Waals surface area contributed by atoms with Crippen molar-refractivity contribution in [2.24, 2.45) is 0 Å². The van der Waals surface area contributed by atoms with Crippen LogP contribution in [0.15, 0.2) is 36.7 Å². The SMILES string of the molecule is CCC(=O)N1CCC2CCCC(CN(C(=O)CCn3ccnc3C(C)C)Cc3ccccc31)N2CC. The standard InChI is InChI=1S/C29H43N5O2/c1-5-27(35)34-18-14-24-11-9-12-25(33(24)6-2)21-32(20-23-10-7-8-13-26(23)34)28(36)15-17-31-19-16-30-29(31)22(3)4/h7-8,10,13,16,19,22,24-25H,5-6,9,11-12,14-15,17-18,20-21H2,1-4H3. The van der Waals surface area contributed by atoms with Gasteiger partial charge >= 0.3 is 0 Å². The zero-order chi connectivity index (χ0) is 25.7. The largest absolute Gasteiger partial charge is 0.337 e. The number of anilines is 1. The number of rotatable bonds is 6. The molecule has 1 aromatic carbocycles. The number of carbonyl (C=O) groups is 2. The Bertz CT molecular complexity index is 1030. The van der Waals surface area contributed by atoms with Crippen molar-refractivity contribution in [2.75, 3.05) is 24.5 Å². The molecule has 2 aliphatic rings. The van der Waals surface area contributed by atoms with Crippen LogP contribution in [0.5, 0.6) is 0 Å². The van der Waals surface area contributed by atoms with E-state index < -0.39 is 0 Å². The predicted molar refractivity (Wildman–Crippen MR) is 144 cm³/mol. The maximum atomic E-state index is 13.8. The molecule has 7 nitrogen and oxygen atoms in total. The molecule has 2 aromatic rings. The quantitative estimate of drug-likeness (QED) is 0.579. The Hall–Kier alpha value is -2.67. The molecular weight excluding hydrogens is 450 g/mol. The highest BCUT2D eigenvalue weighted by Gasteiger charge is 2.33. The number of aromatic nitrogens is 2. The third-order valence-electron chi connectivity index (χ3n) is 7.93. The van der Waals surface area contributed by atoms with Gasteiger partial charge < -0.3 is 14.4 Å². The van der Waals surface area contributed by atoms with Crippen LogP contribution in [-0.4, -0.2) is 62.9 Å². The Kier molecular flexibility index (Phi) is 8.83. The molecule has 3 heterocycles. The topological polar surface area (TPSA) is 61.7 Å². The molecular formula is C29H43N5O2. The second kappa shape index (κ2) is 12.0. The second-order valence-corrected chi connectivity index (χ2v) is 10.5. The van der Waals surface area contributed by atoms with Gasteiger partial charge in [0.05, 0.1) is 0 Å². The number of hydrogen-bond donors (Lipinski definition) is 0. The van der Waals surface area contributed by atoms with Crippen molar-refractivity contribution in [3.05, 3.63) is 48.0 Å². The van der Waals surface area contributed by atoms with Gasteiger partial charge in [-0.05, 0) is 37.4 Å². The third-order valence-corrected chi connectivity index (χ3v) is 7.93. The lowest BCUT2D eigenvalue weighted by atomic mass is 9.93. The van der Waals surface area contributed by atoms with E-state index in [-0.39, 0.29) is 11.8 Å². The molecule has 0 aliphatic carbocycles. The van der Waals surface area contributed by atoms with Crippen LogP contribution in [0.2, 0.25) is 0 Å². The molecule has 36 heavy (non-hydrogen) atoms. The van der Waals surface area contributed by atoms with E-state index in [0.29, 0.717) is 43.9 Å². The fraction of sp³-hybridized carbons (Fsp3) is 0.621. The van der Waals surface area contributed by atoms with Crippen LogP contribution in [0.4, 0.5) is 5.69 Å². The van der Waals surface area contributed by atoms with Gasteiger partial charge in [-0.3, -0.25) is 14.5 Å².